The number of alkyl carbamates (subject to hydrolysis) is 1. The molecule has 1 amide bonds. The van der Waals surface area contributed by atoms with Crippen molar-refractivity contribution in [1.29, 1.82) is 0 Å². The van der Waals surface area contributed by atoms with Crippen molar-refractivity contribution in [1.82, 2.24) is 5.32 Å². The molecule has 0 saturated carbocycles. The average molecular weight is 397 g/mol. The maximum absolute atomic E-state index is 12.7. The van der Waals surface area contributed by atoms with Crippen LogP contribution in [0.25, 0.3) is 0 Å². The molecular formula is C23H27NO5. The molecule has 1 atom stereocenters. The predicted octanol–water partition coefficient (Wildman–Crippen LogP) is 3.83. The van der Waals surface area contributed by atoms with E-state index >= 15 is 0 Å². The van der Waals surface area contributed by atoms with Crippen molar-refractivity contribution in [3.8, 4) is 0 Å². The zero-order valence-electron chi connectivity index (χ0n) is 17.0. The van der Waals surface area contributed by atoms with Crippen LogP contribution in [0.15, 0.2) is 60.7 Å². The van der Waals surface area contributed by atoms with Gasteiger partial charge in [-0.3, -0.25) is 4.79 Å². The SMILES string of the molecule is CC(C)(C)OC(=O)[C@@H](NC(=O)OCc1ccccc1)C(=O)CCc1ccccc1. The standard InChI is InChI=1S/C23H27NO5/c1-23(2,3)29-21(26)20(19(25)15-14-17-10-6-4-7-11-17)24-22(27)28-16-18-12-8-5-9-13-18/h4-13,20H,14-16H2,1-3H3,(H,24,27)/t20-/m0/s1. The summed E-state index contributed by atoms with van der Waals surface area (Å²) >= 11 is 0. The lowest BCUT2D eigenvalue weighted by atomic mass is 10.0. The van der Waals surface area contributed by atoms with E-state index in [9.17, 15) is 14.4 Å². The second-order valence-electron chi connectivity index (χ2n) is 7.62. The first-order valence-corrected chi connectivity index (χ1v) is 9.51. The third kappa shape index (κ3) is 8.17. The third-order valence-electron chi connectivity index (χ3n) is 3.94. The molecule has 0 aliphatic carbocycles. The van der Waals surface area contributed by atoms with Gasteiger partial charge in [-0.05, 0) is 38.3 Å². The lowest BCUT2D eigenvalue weighted by molar-refractivity contribution is -0.159. The van der Waals surface area contributed by atoms with E-state index in [4.69, 9.17) is 9.47 Å². The molecule has 154 valence electrons. The van der Waals surface area contributed by atoms with Crippen molar-refractivity contribution in [3.05, 3.63) is 71.8 Å². The highest BCUT2D eigenvalue weighted by Gasteiger charge is 2.32. The summed E-state index contributed by atoms with van der Waals surface area (Å²) in [6, 6.07) is 17.2. The van der Waals surface area contributed by atoms with Gasteiger partial charge in [0.1, 0.15) is 12.2 Å². The zero-order valence-corrected chi connectivity index (χ0v) is 17.0. The number of hydrogen-bond donors (Lipinski definition) is 1. The van der Waals surface area contributed by atoms with Crippen LogP contribution in [0.3, 0.4) is 0 Å². The van der Waals surface area contributed by atoms with Gasteiger partial charge in [-0.1, -0.05) is 60.7 Å². The molecule has 0 aliphatic rings. The van der Waals surface area contributed by atoms with Crippen LogP contribution < -0.4 is 5.32 Å². The highest BCUT2D eigenvalue weighted by Crippen LogP contribution is 2.11. The first kappa shape index (κ1) is 22.1. The van der Waals surface area contributed by atoms with Crippen LogP contribution >= 0.6 is 0 Å². The van der Waals surface area contributed by atoms with E-state index in [1.165, 1.54) is 0 Å². The summed E-state index contributed by atoms with van der Waals surface area (Å²) in [5.41, 5.74) is 0.979. The normalized spacial score (nSPS) is 12.0. The zero-order chi connectivity index (χ0) is 21.3. The maximum atomic E-state index is 12.7. The van der Waals surface area contributed by atoms with Gasteiger partial charge >= 0.3 is 12.1 Å². The van der Waals surface area contributed by atoms with Crippen molar-refractivity contribution in [2.24, 2.45) is 0 Å². The lowest BCUT2D eigenvalue weighted by Gasteiger charge is -2.23. The Bertz CT molecular complexity index is 812. The van der Waals surface area contributed by atoms with Crippen molar-refractivity contribution >= 4 is 17.8 Å². The smallest absolute Gasteiger partial charge is 0.408 e. The number of ether oxygens (including phenoxy) is 2. The summed E-state index contributed by atoms with van der Waals surface area (Å²) in [4.78, 5) is 37.4. The molecule has 2 rings (SSSR count). The highest BCUT2D eigenvalue weighted by molar-refractivity contribution is 6.05. The Morgan fingerprint density at radius 1 is 0.897 bits per heavy atom. The van der Waals surface area contributed by atoms with E-state index in [1.807, 2.05) is 60.7 Å². The number of amides is 1. The molecule has 6 heteroatoms. The van der Waals surface area contributed by atoms with Gasteiger partial charge in [-0.2, -0.15) is 0 Å². The summed E-state index contributed by atoms with van der Waals surface area (Å²) in [5.74, 6) is -1.23. The number of nitrogens with one attached hydrogen (secondary N) is 1. The fourth-order valence-electron chi connectivity index (χ4n) is 2.57. The lowest BCUT2D eigenvalue weighted by Crippen LogP contribution is -2.49. The van der Waals surface area contributed by atoms with Gasteiger partial charge in [0.25, 0.3) is 0 Å². The Kier molecular flexibility index (Phi) is 7.95. The van der Waals surface area contributed by atoms with Crippen molar-refractivity contribution in [2.45, 2.75) is 51.9 Å². The minimum atomic E-state index is -1.42. The van der Waals surface area contributed by atoms with Crippen LogP contribution in [0.1, 0.15) is 38.3 Å². The molecule has 0 bridgehead atoms. The molecule has 0 aliphatic heterocycles. The second-order valence-corrected chi connectivity index (χ2v) is 7.62. The summed E-state index contributed by atoms with van der Waals surface area (Å²) in [7, 11) is 0. The number of benzene rings is 2. The molecular weight excluding hydrogens is 370 g/mol. The molecule has 29 heavy (non-hydrogen) atoms. The number of carbonyl (C=O) groups excluding carboxylic acids is 3. The molecule has 1 N–H and O–H groups in total. The largest absolute Gasteiger partial charge is 0.458 e. The van der Waals surface area contributed by atoms with E-state index in [-0.39, 0.29) is 13.0 Å². The van der Waals surface area contributed by atoms with Gasteiger partial charge in [0, 0.05) is 6.42 Å². The molecule has 0 saturated heterocycles. The van der Waals surface area contributed by atoms with Gasteiger partial charge in [-0.15, -0.1) is 0 Å². The van der Waals surface area contributed by atoms with Crippen LogP contribution in [0.2, 0.25) is 0 Å². The summed E-state index contributed by atoms with van der Waals surface area (Å²) < 4.78 is 10.4. The number of aryl methyl sites for hydroxylation is 1. The Balaban J connectivity index is 2.00. The van der Waals surface area contributed by atoms with Crippen LogP contribution in [0, 0.1) is 0 Å². The fourth-order valence-corrected chi connectivity index (χ4v) is 2.57. The Morgan fingerprint density at radius 2 is 1.45 bits per heavy atom. The van der Waals surface area contributed by atoms with E-state index in [2.05, 4.69) is 5.32 Å². The van der Waals surface area contributed by atoms with Crippen LogP contribution in [-0.2, 0) is 32.1 Å². The summed E-state index contributed by atoms with van der Waals surface area (Å²) in [5, 5.41) is 2.36. The van der Waals surface area contributed by atoms with E-state index in [0.29, 0.717) is 6.42 Å². The molecule has 6 nitrogen and oxygen atoms in total. The van der Waals surface area contributed by atoms with E-state index in [0.717, 1.165) is 11.1 Å². The topological polar surface area (TPSA) is 81.7 Å². The average Bonchev–Trinajstić information content (AvgIpc) is 2.69. The van der Waals surface area contributed by atoms with Crippen LogP contribution in [-0.4, -0.2) is 29.5 Å². The van der Waals surface area contributed by atoms with Crippen molar-refractivity contribution in [2.75, 3.05) is 0 Å². The number of rotatable bonds is 8. The molecule has 0 spiro atoms. The Morgan fingerprint density at radius 3 is 2.00 bits per heavy atom. The van der Waals surface area contributed by atoms with Gasteiger partial charge in [-0.25, -0.2) is 9.59 Å². The number of ketones is 1. The van der Waals surface area contributed by atoms with Crippen molar-refractivity contribution in [3.63, 3.8) is 0 Å². The predicted molar refractivity (Wildman–Crippen MR) is 109 cm³/mol. The van der Waals surface area contributed by atoms with Crippen LogP contribution in [0.5, 0.6) is 0 Å². The molecule has 0 aromatic heterocycles. The van der Waals surface area contributed by atoms with Crippen LogP contribution in [0.4, 0.5) is 4.79 Å². The van der Waals surface area contributed by atoms with E-state index in [1.54, 1.807) is 20.8 Å². The third-order valence-corrected chi connectivity index (χ3v) is 3.94. The highest BCUT2D eigenvalue weighted by atomic mass is 16.6. The number of esters is 1. The monoisotopic (exact) mass is 397 g/mol. The van der Waals surface area contributed by atoms with Gasteiger partial charge in [0.2, 0.25) is 0 Å². The molecule has 0 radical (unpaired) electrons. The molecule has 0 unspecified atom stereocenters. The van der Waals surface area contributed by atoms with Crippen molar-refractivity contribution < 1.29 is 23.9 Å². The number of Topliss-reactive ketones (excluding diaryl/α,β-unsaturated/α-hetero) is 1. The van der Waals surface area contributed by atoms with Gasteiger partial charge in [0.15, 0.2) is 11.8 Å². The molecule has 2 aromatic carbocycles. The summed E-state index contributed by atoms with van der Waals surface area (Å²) in [6.07, 6.45) is -0.301. The van der Waals surface area contributed by atoms with Gasteiger partial charge in [0.05, 0.1) is 0 Å². The van der Waals surface area contributed by atoms with Gasteiger partial charge < -0.3 is 14.8 Å². The minimum absolute atomic E-state index is 0.0336. The second kappa shape index (κ2) is 10.4. The molecule has 0 heterocycles. The Labute approximate surface area is 171 Å². The van der Waals surface area contributed by atoms with E-state index < -0.39 is 29.5 Å². The number of hydrogen-bond acceptors (Lipinski definition) is 5. The first-order chi connectivity index (χ1) is 13.7. The molecule has 2 aromatic rings. The number of carbonyl (C=O) groups is 3. The maximum Gasteiger partial charge on any atom is 0.408 e. The first-order valence-electron chi connectivity index (χ1n) is 9.51. The molecule has 0 fully saturated rings. The summed E-state index contributed by atoms with van der Waals surface area (Å²) in [6.45, 7) is 5.13. The fraction of sp³-hybridized carbons (Fsp3) is 0.348. The minimum Gasteiger partial charge on any atom is -0.458 e. The Hall–Kier alpha value is -3.15. The quantitative estimate of drug-likeness (QED) is 0.541.